The van der Waals surface area contributed by atoms with Gasteiger partial charge in [0.15, 0.2) is 0 Å². The molecular formula is C44H30. The Morgan fingerprint density at radius 1 is 0.364 bits per heavy atom. The zero-order valence-electron chi connectivity index (χ0n) is 24.4. The van der Waals surface area contributed by atoms with Crippen molar-refractivity contribution in [2.24, 2.45) is 0 Å². The minimum absolute atomic E-state index is 1.12. The van der Waals surface area contributed by atoms with E-state index in [9.17, 15) is 0 Å². The van der Waals surface area contributed by atoms with Gasteiger partial charge in [0.2, 0.25) is 0 Å². The quantitative estimate of drug-likeness (QED) is 0.189. The Morgan fingerprint density at radius 2 is 0.818 bits per heavy atom. The topological polar surface area (TPSA) is 0 Å². The predicted octanol–water partition coefficient (Wildman–Crippen LogP) is 12.3. The van der Waals surface area contributed by atoms with E-state index in [1.54, 1.807) is 0 Å². The molecule has 44 heavy (non-hydrogen) atoms. The largest absolute Gasteiger partial charge is 0.0836 e. The first-order valence-corrected chi connectivity index (χ1v) is 15.6. The van der Waals surface area contributed by atoms with Crippen LogP contribution in [-0.2, 0) is 6.42 Å². The molecule has 0 amide bonds. The van der Waals surface area contributed by atoms with Gasteiger partial charge < -0.3 is 0 Å². The molecular weight excluding hydrogens is 528 g/mol. The number of aryl methyl sites for hydroxylation is 1. The Bertz CT molecular complexity index is 2380. The van der Waals surface area contributed by atoms with Crippen LogP contribution < -0.4 is 0 Å². The molecule has 0 N–H and O–H groups in total. The summed E-state index contributed by atoms with van der Waals surface area (Å²) in [5.41, 5.74) is 10.5. The summed E-state index contributed by atoms with van der Waals surface area (Å²) in [5, 5.41) is 10.2. The van der Waals surface area contributed by atoms with Crippen LogP contribution >= 0.6 is 0 Å². The molecule has 1 aliphatic rings. The first-order valence-electron chi connectivity index (χ1n) is 15.6. The average molecular weight is 559 g/mol. The van der Waals surface area contributed by atoms with Crippen LogP contribution in [0.5, 0.6) is 0 Å². The van der Waals surface area contributed by atoms with E-state index < -0.39 is 0 Å². The summed E-state index contributed by atoms with van der Waals surface area (Å²) < 4.78 is 0. The second-order valence-corrected chi connectivity index (χ2v) is 12.0. The molecule has 0 heterocycles. The Hall–Kier alpha value is -5.46. The number of benzene rings is 8. The fourth-order valence-corrected chi connectivity index (χ4v) is 7.28. The first kappa shape index (κ1) is 25.1. The van der Waals surface area contributed by atoms with E-state index in [0.717, 1.165) is 12.8 Å². The van der Waals surface area contributed by atoms with Crippen molar-refractivity contribution in [3.63, 3.8) is 0 Å². The lowest BCUT2D eigenvalue weighted by Gasteiger charge is -2.19. The smallest absolute Gasteiger partial charge is 0.00262 e. The summed E-state index contributed by atoms with van der Waals surface area (Å²) in [5.74, 6) is 0. The van der Waals surface area contributed by atoms with Crippen LogP contribution in [0.4, 0.5) is 0 Å². The van der Waals surface area contributed by atoms with Crippen LogP contribution in [0.1, 0.15) is 17.5 Å². The molecule has 0 nitrogen and oxygen atoms in total. The van der Waals surface area contributed by atoms with Crippen molar-refractivity contribution in [1.29, 1.82) is 0 Å². The van der Waals surface area contributed by atoms with Gasteiger partial charge in [-0.1, -0.05) is 133 Å². The minimum Gasteiger partial charge on any atom is -0.0836 e. The molecule has 8 aromatic rings. The summed E-state index contributed by atoms with van der Waals surface area (Å²) >= 11 is 0. The van der Waals surface area contributed by atoms with E-state index in [-0.39, 0.29) is 0 Å². The summed E-state index contributed by atoms with van der Waals surface area (Å²) in [4.78, 5) is 0. The molecule has 9 rings (SSSR count). The molecule has 8 aromatic carbocycles. The van der Waals surface area contributed by atoms with Crippen LogP contribution in [0.3, 0.4) is 0 Å². The fraction of sp³-hybridized carbons (Fsp3) is 0.0455. The second kappa shape index (κ2) is 10.1. The van der Waals surface area contributed by atoms with Crippen LogP contribution in [0.15, 0.2) is 152 Å². The van der Waals surface area contributed by atoms with Gasteiger partial charge in [0.1, 0.15) is 0 Å². The molecule has 0 aliphatic heterocycles. The van der Waals surface area contributed by atoms with Gasteiger partial charge in [0, 0.05) is 0 Å². The van der Waals surface area contributed by atoms with Crippen LogP contribution in [0.2, 0.25) is 0 Å². The van der Waals surface area contributed by atoms with Crippen molar-refractivity contribution in [2.75, 3.05) is 0 Å². The lowest BCUT2D eigenvalue weighted by molar-refractivity contribution is 0.986. The maximum absolute atomic E-state index is 2.39. The highest BCUT2D eigenvalue weighted by molar-refractivity contribution is 6.21. The standard InChI is InChI=1S/C44H30/c1-3-11-31-25-33(19-17-29(31)9-1)34-20-21-36-28-38(24-22-35(36)26-34)44-41-15-7-5-13-39(41)43(40-14-6-8-16-42(40)44)37-23-18-30-10-2-4-12-32(30)27-37/h1,3-9,11-28H,2,10H2. The minimum atomic E-state index is 1.12. The van der Waals surface area contributed by atoms with E-state index in [4.69, 9.17) is 0 Å². The summed E-state index contributed by atoms with van der Waals surface area (Å²) in [6.45, 7) is 0. The van der Waals surface area contributed by atoms with E-state index in [2.05, 4.69) is 158 Å². The van der Waals surface area contributed by atoms with Gasteiger partial charge in [0.05, 0.1) is 0 Å². The van der Waals surface area contributed by atoms with E-state index in [0.29, 0.717) is 0 Å². The van der Waals surface area contributed by atoms with Crippen molar-refractivity contribution >= 4 is 49.2 Å². The molecule has 0 bridgehead atoms. The zero-order valence-corrected chi connectivity index (χ0v) is 24.4. The Labute approximate surface area is 257 Å². The van der Waals surface area contributed by atoms with Crippen molar-refractivity contribution in [3.8, 4) is 33.4 Å². The van der Waals surface area contributed by atoms with Crippen LogP contribution in [0, 0.1) is 0 Å². The molecule has 206 valence electrons. The molecule has 0 fully saturated rings. The van der Waals surface area contributed by atoms with Gasteiger partial charge >= 0.3 is 0 Å². The number of allylic oxidation sites excluding steroid dienone is 1. The molecule has 0 saturated carbocycles. The van der Waals surface area contributed by atoms with E-state index >= 15 is 0 Å². The Balaban J connectivity index is 1.22. The lowest BCUT2D eigenvalue weighted by Crippen LogP contribution is -1.95. The molecule has 0 radical (unpaired) electrons. The Morgan fingerprint density at radius 3 is 1.45 bits per heavy atom. The van der Waals surface area contributed by atoms with Crippen LogP contribution in [0.25, 0.3) is 82.5 Å². The Kier molecular flexibility index (Phi) is 5.74. The van der Waals surface area contributed by atoms with Gasteiger partial charge in [-0.2, -0.15) is 0 Å². The SMILES string of the molecule is C1=Cc2cc(-c3c4ccccc4c(-c4ccc5cc(-c6ccc7ccccc7c6)ccc5c4)c4ccccc34)ccc2CC1. The number of hydrogen-bond donors (Lipinski definition) is 0. The maximum Gasteiger partial charge on any atom is -0.00262 e. The van der Waals surface area contributed by atoms with E-state index in [1.807, 2.05) is 0 Å². The van der Waals surface area contributed by atoms with Gasteiger partial charge in [-0.15, -0.1) is 0 Å². The van der Waals surface area contributed by atoms with Crippen molar-refractivity contribution in [3.05, 3.63) is 163 Å². The fourth-order valence-electron chi connectivity index (χ4n) is 7.28. The van der Waals surface area contributed by atoms with Crippen molar-refractivity contribution in [1.82, 2.24) is 0 Å². The lowest BCUT2D eigenvalue weighted by atomic mass is 9.84. The highest BCUT2D eigenvalue weighted by Gasteiger charge is 2.18. The molecule has 0 unspecified atom stereocenters. The zero-order chi connectivity index (χ0) is 29.0. The number of rotatable bonds is 3. The highest BCUT2D eigenvalue weighted by atomic mass is 14.2. The molecule has 0 heteroatoms. The average Bonchev–Trinajstić information content (AvgIpc) is 3.09. The molecule has 0 atom stereocenters. The first-order chi connectivity index (χ1) is 21.8. The highest BCUT2D eigenvalue weighted by Crippen LogP contribution is 2.44. The second-order valence-electron chi connectivity index (χ2n) is 12.0. The third kappa shape index (κ3) is 4.07. The van der Waals surface area contributed by atoms with Gasteiger partial charge in [0.25, 0.3) is 0 Å². The van der Waals surface area contributed by atoms with Crippen molar-refractivity contribution in [2.45, 2.75) is 12.8 Å². The van der Waals surface area contributed by atoms with E-state index in [1.165, 1.54) is 87.6 Å². The third-order valence-corrected chi connectivity index (χ3v) is 9.46. The summed E-state index contributed by atoms with van der Waals surface area (Å²) in [6.07, 6.45) is 6.85. The monoisotopic (exact) mass is 558 g/mol. The third-order valence-electron chi connectivity index (χ3n) is 9.46. The maximum atomic E-state index is 2.39. The number of fused-ring (bicyclic) bond motifs is 5. The molecule has 0 saturated heterocycles. The summed E-state index contributed by atoms with van der Waals surface area (Å²) in [6, 6.07) is 54.1. The number of hydrogen-bond acceptors (Lipinski definition) is 0. The normalized spacial score (nSPS) is 12.7. The van der Waals surface area contributed by atoms with Gasteiger partial charge in [-0.25, -0.2) is 0 Å². The predicted molar refractivity (Wildman–Crippen MR) is 190 cm³/mol. The molecule has 0 spiro atoms. The van der Waals surface area contributed by atoms with Gasteiger partial charge in [-0.3, -0.25) is 0 Å². The van der Waals surface area contributed by atoms with Crippen LogP contribution in [-0.4, -0.2) is 0 Å². The van der Waals surface area contributed by atoms with Gasteiger partial charge in [-0.05, 0) is 125 Å². The van der Waals surface area contributed by atoms with Crippen molar-refractivity contribution < 1.29 is 0 Å². The summed E-state index contributed by atoms with van der Waals surface area (Å²) in [7, 11) is 0. The molecule has 0 aromatic heterocycles. The molecule has 1 aliphatic carbocycles.